The first-order chi connectivity index (χ1) is 16.4. The van der Waals surface area contributed by atoms with Gasteiger partial charge in [-0.1, -0.05) is 36.4 Å². The number of hydrogen-bond donors (Lipinski definition) is 2. The first-order valence-electron chi connectivity index (χ1n) is 11.2. The number of esters is 1. The van der Waals surface area contributed by atoms with Crippen molar-refractivity contribution in [1.82, 2.24) is 5.32 Å². The maximum Gasteiger partial charge on any atom is 0.336 e. The highest BCUT2D eigenvalue weighted by atomic mass is 16.5. The van der Waals surface area contributed by atoms with Gasteiger partial charge in [0.15, 0.2) is 5.78 Å². The van der Waals surface area contributed by atoms with Crippen LogP contribution in [0.2, 0.25) is 0 Å². The molecule has 0 spiro atoms. The molecule has 1 atom stereocenters. The van der Waals surface area contributed by atoms with Gasteiger partial charge in [-0.2, -0.15) is 0 Å². The fourth-order valence-corrected chi connectivity index (χ4v) is 4.54. The Hall–Kier alpha value is -3.87. The first kappa shape index (κ1) is 23.3. The summed E-state index contributed by atoms with van der Waals surface area (Å²) in [7, 11) is 1.63. The number of carbonyl (C=O) groups excluding carboxylic acids is 3. The molecule has 2 aromatic rings. The van der Waals surface area contributed by atoms with Crippen LogP contribution in [0, 0.1) is 0 Å². The van der Waals surface area contributed by atoms with Gasteiger partial charge in [0.2, 0.25) is 5.91 Å². The first-order valence-corrected chi connectivity index (χ1v) is 11.2. The van der Waals surface area contributed by atoms with Crippen molar-refractivity contribution < 1.29 is 23.9 Å². The van der Waals surface area contributed by atoms with E-state index in [1.54, 1.807) is 25.3 Å². The number of ketones is 1. The smallest absolute Gasteiger partial charge is 0.336 e. The normalized spacial score (nSPS) is 17.6. The van der Waals surface area contributed by atoms with Crippen LogP contribution in [-0.4, -0.2) is 24.8 Å². The molecule has 0 bridgehead atoms. The van der Waals surface area contributed by atoms with E-state index in [4.69, 9.17) is 9.47 Å². The lowest BCUT2D eigenvalue weighted by molar-refractivity contribution is -0.140. The average molecular weight is 461 g/mol. The van der Waals surface area contributed by atoms with Gasteiger partial charge in [-0.15, -0.1) is 0 Å². The Morgan fingerprint density at radius 1 is 1.09 bits per heavy atom. The van der Waals surface area contributed by atoms with Crippen LogP contribution in [0.5, 0.6) is 5.75 Å². The number of hydrogen-bond acceptors (Lipinski definition) is 6. The number of amides is 1. The summed E-state index contributed by atoms with van der Waals surface area (Å²) in [6.07, 6.45) is 1.29. The van der Waals surface area contributed by atoms with Crippen molar-refractivity contribution in [3.63, 3.8) is 0 Å². The number of carbonyl (C=O) groups is 3. The van der Waals surface area contributed by atoms with Gasteiger partial charge in [0.25, 0.3) is 0 Å². The summed E-state index contributed by atoms with van der Waals surface area (Å²) >= 11 is 0. The van der Waals surface area contributed by atoms with Crippen molar-refractivity contribution in [2.45, 2.75) is 45.6 Å². The fourth-order valence-electron chi connectivity index (χ4n) is 4.54. The monoisotopic (exact) mass is 460 g/mol. The zero-order chi connectivity index (χ0) is 24.2. The Labute approximate surface area is 198 Å². The molecule has 7 heteroatoms. The molecule has 1 aliphatic carbocycles. The maximum absolute atomic E-state index is 13.1. The second-order valence-corrected chi connectivity index (χ2v) is 8.55. The number of anilines is 1. The van der Waals surface area contributed by atoms with Crippen molar-refractivity contribution in [3.05, 3.63) is 82.2 Å². The summed E-state index contributed by atoms with van der Waals surface area (Å²) in [5.41, 5.74) is 4.94. The van der Waals surface area contributed by atoms with Gasteiger partial charge < -0.3 is 20.1 Å². The van der Waals surface area contributed by atoms with Gasteiger partial charge in [-0.05, 0) is 31.0 Å². The van der Waals surface area contributed by atoms with Gasteiger partial charge in [0.05, 0.1) is 12.7 Å². The summed E-state index contributed by atoms with van der Waals surface area (Å²) in [6.45, 7) is 3.26. The minimum Gasteiger partial charge on any atom is -0.496 e. The van der Waals surface area contributed by atoms with Crippen LogP contribution in [0.1, 0.15) is 50.2 Å². The molecule has 0 radical (unpaired) electrons. The lowest BCUT2D eigenvalue weighted by Crippen LogP contribution is -2.31. The van der Waals surface area contributed by atoms with Gasteiger partial charge in [0, 0.05) is 53.9 Å². The molecule has 7 nitrogen and oxygen atoms in total. The minimum absolute atomic E-state index is 0.0153. The fraction of sp³-hybridized carbons (Fsp3) is 0.296. The molecular weight excluding hydrogens is 432 g/mol. The Kier molecular flexibility index (Phi) is 6.82. The van der Waals surface area contributed by atoms with Crippen LogP contribution in [0.25, 0.3) is 0 Å². The largest absolute Gasteiger partial charge is 0.496 e. The predicted octanol–water partition coefficient (Wildman–Crippen LogP) is 4.36. The van der Waals surface area contributed by atoms with E-state index in [0.29, 0.717) is 40.9 Å². The van der Waals surface area contributed by atoms with E-state index < -0.39 is 5.97 Å². The molecule has 2 N–H and O–H groups in total. The van der Waals surface area contributed by atoms with Crippen molar-refractivity contribution in [2.24, 2.45) is 0 Å². The molecule has 0 aromatic heterocycles. The van der Waals surface area contributed by atoms with Gasteiger partial charge in [-0.25, -0.2) is 4.79 Å². The molecule has 0 saturated heterocycles. The van der Waals surface area contributed by atoms with Crippen molar-refractivity contribution in [2.75, 3.05) is 12.4 Å². The third-order valence-electron chi connectivity index (χ3n) is 6.24. The van der Waals surface area contributed by atoms with E-state index in [1.807, 2.05) is 37.3 Å². The highest BCUT2D eigenvalue weighted by Crippen LogP contribution is 2.41. The van der Waals surface area contributed by atoms with Crippen molar-refractivity contribution in [3.8, 4) is 5.75 Å². The lowest BCUT2D eigenvalue weighted by Gasteiger charge is -2.32. The van der Waals surface area contributed by atoms with Crippen LogP contribution in [0.3, 0.4) is 0 Å². The highest BCUT2D eigenvalue weighted by molar-refractivity contribution is 6.01. The van der Waals surface area contributed by atoms with Gasteiger partial charge in [-0.3, -0.25) is 9.59 Å². The summed E-state index contributed by atoms with van der Waals surface area (Å²) in [6, 6.07) is 14.9. The molecule has 1 heterocycles. The zero-order valence-corrected chi connectivity index (χ0v) is 19.6. The highest BCUT2D eigenvalue weighted by Gasteiger charge is 2.34. The summed E-state index contributed by atoms with van der Waals surface area (Å²) < 4.78 is 11.0. The molecule has 1 aliphatic heterocycles. The molecule has 34 heavy (non-hydrogen) atoms. The third kappa shape index (κ3) is 4.88. The molecule has 0 fully saturated rings. The Bertz CT molecular complexity index is 1210. The molecule has 0 saturated carbocycles. The van der Waals surface area contributed by atoms with Crippen LogP contribution < -0.4 is 15.4 Å². The molecule has 2 aliphatic rings. The van der Waals surface area contributed by atoms with E-state index in [9.17, 15) is 14.4 Å². The Balaban J connectivity index is 1.46. The van der Waals surface area contributed by atoms with Crippen LogP contribution >= 0.6 is 0 Å². The minimum atomic E-state index is -0.478. The molecule has 176 valence electrons. The molecule has 0 unspecified atom stereocenters. The number of methoxy groups -OCH3 is 1. The van der Waals surface area contributed by atoms with E-state index in [1.165, 1.54) is 6.92 Å². The number of allylic oxidation sites excluding steroid dienone is 3. The number of Topliss-reactive ketones (excluding diaryl/α,β-unsaturated/α-hetero) is 1. The molecule has 4 rings (SSSR count). The number of ether oxygens (including phenoxy) is 2. The van der Waals surface area contributed by atoms with E-state index >= 15 is 0 Å². The number of nitrogens with one attached hydrogen (secondary N) is 2. The number of para-hydroxylation sites is 2. The van der Waals surface area contributed by atoms with Gasteiger partial charge in [0.1, 0.15) is 12.4 Å². The zero-order valence-electron chi connectivity index (χ0n) is 19.6. The number of rotatable bonds is 6. The molecule has 2 aromatic carbocycles. The topological polar surface area (TPSA) is 93.7 Å². The molecular formula is C27H28N2O5. The summed E-state index contributed by atoms with van der Waals surface area (Å²) in [5.74, 6) is 0.139. The Morgan fingerprint density at radius 2 is 1.82 bits per heavy atom. The number of benzene rings is 2. The summed E-state index contributed by atoms with van der Waals surface area (Å²) in [5, 5.41) is 6.03. The lowest BCUT2D eigenvalue weighted by atomic mass is 9.78. The van der Waals surface area contributed by atoms with Crippen LogP contribution in [0.4, 0.5) is 5.69 Å². The molecule has 1 amide bonds. The quantitative estimate of drug-likeness (QED) is 0.622. The van der Waals surface area contributed by atoms with E-state index in [0.717, 1.165) is 17.0 Å². The standard InChI is InChI=1S/C27H28N2O5/c1-16-21(27(32)34-15-18-8-4-6-10-23(18)29-17(2)30)14-22-24(28-16)12-19(13-25(22)31)20-9-5-7-11-26(20)33-3/h4-11,19,28H,12-15H2,1-3H3,(H,29,30)/t19-/m1/s1. The Morgan fingerprint density at radius 3 is 2.59 bits per heavy atom. The van der Waals surface area contributed by atoms with Crippen molar-refractivity contribution >= 4 is 23.3 Å². The van der Waals surface area contributed by atoms with E-state index in [-0.39, 0.29) is 30.6 Å². The van der Waals surface area contributed by atoms with Crippen molar-refractivity contribution in [1.29, 1.82) is 0 Å². The SMILES string of the molecule is COc1ccccc1[C@H]1CC(=O)C2=C(C1)NC(C)=C(C(=O)OCc1ccccc1NC(C)=O)C2. The van der Waals surface area contributed by atoms with E-state index in [2.05, 4.69) is 10.6 Å². The maximum atomic E-state index is 13.1. The average Bonchev–Trinajstić information content (AvgIpc) is 2.82. The second-order valence-electron chi connectivity index (χ2n) is 8.55. The predicted molar refractivity (Wildman–Crippen MR) is 128 cm³/mol. The summed E-state index contributed by atoms with van der Waals surface area (Å²) in [4.78, 5) is 37.4. The third-order valence-corrected chi connectivity index (χ3v) is 6.24. The van der Waals surface area contributed by atoms with Gasteiger partial charge >= 0.3 is 5.97 Å². The second kappa shape index (κ2) is 9.95. The van der Waals surface area contributed by atoms with Crippen LogP contribution in [-0.2, 0) is 25.7 Å². The number of dihydropyridines is 1. The van der Waals surface area contributed by atoms with Crippen LogP contribution in [0.15, 0.2) is 71.1 Å².